The highest BCUT2D eigenvalue weighted by molar-refractivity contribution is 7.99. The second-order valence-electron chi connectivity index (χ2n) is 6.57. The first kappa shape index (κ1) is 19.5. The lowest BCUT2D eigenvalue weighted by Gasteiger charge is -2.41. The number of quaternary nitrogens is 1. The highest BCUT2D eigenvalue weighted by atomic mass is 32.2. The zero-order chi connectivity index (χ0) is 17.8. The number of thioether (sulfide) groups is 1. The molecule has 1 rings (SSSR count). The van der Waals surface area contributed by atoms with E-state index < -0.39 is 29.1 Å². The summed E-state index contributed by atoms with van der Waals surface area (Å²) in [5.74, 6) is -1.20. The molecule has 0 heterocycles. The summed E-state index contributed by atoms with van der Waals surface area (Å²) in [5, 5.41) is 19.3. The molecule has 0 saturated carbocycles. The second-order valence-corrected chi connectivity index (χ2v) is 7.64. The molecule has 2 atom stereocenters. The molecule has 0 aromatic heterocycles. The number of hydrogen-bond donors (Lipinski definition) is 3. The minimum absolute atomic E-state index is 0.253. The summed E-state index contributed by atoms with van der Waals surface area (Å²) in [6, 6.07) is 7.31. The fourth-order valence-corrected chi connectivity index (χ4v) is 3.92. The lowest BCUT2D eigenvalue weighted by atomic mass is 9.93. The maximum Gasteiger partial charge on any atom is 0.307 e. The Labute approximate surface area is 140 Å². The van der Waals surface area contributed by atoms with E-state index in [4.69, 9.17) is 10.8 Å². The molecule has 0 aliphatic heterocycles. The van der Waals surface area contributed by atoms with Gasteiger partial charge in [-0.1, -0.05) is 23.9 Å². The van der Waals surface area contributed by atoms with Crippen molar-refractivity contribution in [1.82, 2.24) is 0 Å². The lowest BCUT2D eigenvalue weighted by molar-refractivity contribution is -0.886. The number of carbonyl (C=O) groups is 2. The number of Topliss-reactive ketones (excluding diaryl/α,β-unsaturated/α-hetero) is 1. The van der Waals surface area contributed by atoms with E-state index in [0.717, 1.165) is 5.56 Å². The molecule has 0 bridgehead atoms. The first-order valence-electron chi connectivity index (χ1n) is 7.19. The van der Waals surface area contributed by atoms with Crippen molar-refractivity contribution in [3.05, 3.63) is 29.8 Å². The van der Waals surface area contributed by atoms with Crippen LogP contribution in [0.25, 0.3) is 0 Å². The molecular weight excluding hydrogens is 316 g/mol. The van der Waals surface area contributed by atoms with Crippen molar-refractivity contribution in [1.29, 1.82) is 0 Å². The van der Waals surface area contributed by atoms with Gasteiger partial charge in [-0.3, -0.25) is 9.59 Å². The summed E-state index contributed by atoms with van der Waals surface area (Å²) >= 11 is 1.36. The number of anilines is 1. The van der Waals surface area contributed by atoms with Crippen LogP contribution >= 0.6 is 11.8 Å². The highest BCUT2D eigenvalue weighted by Crippen LogP contribution is 2.34. The molecule has 6 nitrogen and oxygen atoms in total. The SMILES string of the molecule is CC(=O)C(O)(CC(=O)O)C(SCc1ccc(N)cc1)[N+](C)(C)C. The van der Waals surface area contributed by atoms with E-state index in [0.29, 0.717) is 11.4 Å². The van der Waals surface area contributed by atoms with E-state index in [1.165, 1.54) is 18.7 Å². The van der Waals surface area contributed by atoms with Crippen molar-refractivity contribution in [3.63, 3.8) is 0 Å². The number of nitrogens with two attached hydrogens (primary N) is 1. The van der Waals surface area contributed by atoms with Crippen LogP contribution in [-0.2, 0) is 15.3 Å². The number of carboxylic acids is 1. The van der Waals surface area contributed by atoms with Gasteiger partial charge in [-0.05, 0) is 24.6 Å². The first-order chi connectivity index (χ1) is 10.5. The van der Waals surface area contributed by atoms with E-state index in [-0.39, 0.29) is 4.48 Å². The predicted octanol–water partition coefficient (Wildman–Crippen LogP) is 1.33. The van der Waals surface area contributed by atoms with Crippen molar-refractivity contribution in [2.24, 2.45) is 0 Å². The zero-order valence-corrected chi connectivity index (χ0v) is 14.8. The van der Waals surface area contributed by atoms with Crippen LogP contribution < -0.4 is 5.73 Å². The van der Waals surface area contributed by atoms with Gasteiger partial charge in [-0.25, -0.2) is 0 Å². The number of nitrogens with zero attached hydrogens (tertiary/aromatic N) is 1. The molecule has 7 heteroatoms. The Bertz CT molecular complexity index is 568. The summed E-state index contributed by atoms with van der Waals surface area (Å²) in [6.45, 7) is 1.23. The van der Waals surface area contributed by atoms with E-state index in [2.05, 4.69) is 0 Å². The highest BCUT2D eigenvalue weighted by Gasteiger charge is 2.50. The Morgan fingerprint density at radius 1 is 1.26 bits per heavy atom. The van der Waals surface area contributed by atoms with Gasteiger partial charge in [-0.15, -0.1) is 0 Å². The molecule has 1 aromatic rings. The van der Waals surface area contributed by atoms with Crippen LogP contribution in [0.3, 0.4) is 0 Å². The summed E-state index contributed by atoms with van der Waals surface area (Å²) in [7, 11) is 5.49. The van der Waals surface area contributed by atoms with Crippen LogP contribution in [0.5, 0.6) is 0 Å². The van der Waals surface area contributed by atoms with E-state index in [1.54, 1.807) is 12.1 Å². The molecule has 4 N–H and O–H groups in total. The summed E-state index contributed by atoms with van der Waals surface area (Å²) in [4.78, 5) is 23.1. The molecule has 1 aromatic carbocycles. The fraction of sp³-hybridized carbons (Fsp3) is 0.500. The van der Waals surface area contributed by atoms with Gasteiger partial charge in [0.15, 0.2) is 16.8 Å². The quantitative estimate of drug-likeness (QED) is 0.375. The van der Waals surface area contributed by atoms with Gasteiger partial charge in [0.1, 0.15) is 0 Å². The topological polar surface area (TPSA) is 101 Å². The Morgan fingerprint density at radius 2 is 1.78 bits per heavy atom. The number of carboxylic acid groups (broad SMARTS) is 1. The molecule has 0 fully saturated rings. The van der Waals surface area contributed by atoms with E-state index in [1.807, 2.05) is 33.3 Å². The molecule has 0 aliphatic rings. The third-order valence-electron chi connectivity index (χ3n) is 3.53. The molecule has 0 aliphatic carbocycles. The summed E-state index contributed by atoms with van der Waals surface area (Å²) < 4.78 is 0.253. The van der Waals surface area contributed by atoms with Crippen molar-refractivity contribution in [2.75, 3.05) is 26.9 Å². The smallest absolute Gasteiger partial charge is 0.307 e. The van der Waals surface area contributed by atoms with Gasteiger partial charge in [0.2, 0.25) is 0 Å². The predicted molar refractivity (Wildman–Crippen MR) is 91.9 cm³/mol. The van der Waals surface area contributed by atoms with Crippen molar-refractivity contribution < 1.29 is 24.3 Å². The van der Waals surface area contributed by atoms with Crippen molar-refractivity contribution >= 4 is 29.2 Å². The lowest BCUT2D eigenvalue weighted by Crippen LogP contribution is -2.61. The van der Waals surface area contributed by atoms with Crippen molar-refractivity contribution in [3.8, 4) is 0 Å². The average molecular weight is 341 g/mol. The van der Waals surface area contributed by atoms with Crippen LogP contribution in [0.15, 0.2) is 24.3 Å². The number of rotatable bonds is 8. The Balaban J connectivity index is 3.05. The van der Waals surface area contributed by atoms with Gasteiger partial charge < -0.3 is 20.4 Å². The molecule has 23 heavy (non-hydrogen) atoms. The number of aliphatic carboxylic acids is 1. The molecule has 0 radical (unpaired) electrons. The third kappa shape index (κ3) is 5.23. The van der Waals surface area contributed by atoms with Crippen LogP contribution in [0.2, 0.25) is 0 Å². The van der Waals surface area contributed by atoms with Crippen LogP contribution in [-0.4, -0.2) is 58.6 Å². The van der Waals surface area contributed by atoms with Crippen LogP contribution in [0.4, 0.5) is 5.69 Å². The minimum atomic E-state index is -1.93. The van der Waals surface area contributed by atoms with Gasteiger partial charge in [0, 0.05) is 11.4 Å². The number of likely N-dealkylation sites (N-methyl/N-ethyl adjacent to an activating group) is 1. The van der Waals surface area contributed by atoms with Gasteiger partial charge in [0.25, 0.3) is 0 Å². The Hall–Kier alpha value is -1.57. The largest absolute Gasteiger partial charge is 0.481 e. The molecule has 0 amide bonds. The molecule has 128 valence electrons. The van der Waals surface area contributed by atoms with Crippen LogP contribution in [0, 0.1) is 0 Å². The number of benzene rings is 1. The minimum Gasteiger partial charge on any atom is -0.481 e. The van der Waals surface area contributed by atoms with Crippen LogP contribution in [0.1, 0.15) is 18.9 Å². The van der Waals surface area contributed by atoms with Gasteiger partial charge in [-0.2, -0.15) is 0 Å². The molecular formula is C16H25N2O4S+. The maximum absolute atomic E-state index is 12.0. The number of nitrogen functional groups attached to an aromatic ring is 1. The normalized spacial score (nSPS) is 15.7. The third-order valence-corrected chi connectivity index (χ3v) is 5.37. The van der Waals surface area contributed by atoms with E-state index >= 15 is 0 Å². The van der Waals surface area contributed by atoms with Gasteiger partial charge >= 0.3 is 5.97 Å². The van der Waals surface area contributed by atoms with Gasteiger partial charge in [0.05, 0.1) is 27.6 Å². The number of carbonyl (C=O) groups excluding carboxylic acids is 1. The molecule has 0 saturated heterocycles. The summed E-state index contributed by atoms with van der Waals surface area (Å²) in [5.41, 5.74) is 5.38. The fourth-order valence-electron chi connectivity index (χ4n) is 2.41. The van der Waals surface area contributed by atoms with Crippen molar-refractivity contribution in [2.45, 2.75) is 30.1 Å². The number of hydrogen-bond acceptors (Lipinski definition) is 5. The zero-order valence-electron chi connectivity index (χ0n) is 13.9. The first-order valence-corrected chi connectivity index (χ1v) is 8.24. The standard InChI is InChI=1S/C16H24N2O4S/c1-11(19)16(22,9-14(20)21)15(18(2,3)4)23-10-12-5-7-13(17)8-6-12/h5-8,15,22H,9-10,17H2,1-4H3/p+1. The Kier molecular flexibility index (Phi) is 6.21. The maximum atomic E-state index is 12.0. The molecule has 2 unspecified atom stereocenters. The van der Waals surface area contributed by atoms with E-state index in [9.17, 15) is 14.7 Å². The Morgan fingerprint density at radius 3 is 2.17 bits per heavy atom. The average Bonchev–Trinajstić information content (AvgIpc) is 2.38. The molecule has 0 spiro atoms. The number of ketones is 1. The monoisotopic (exact) mass is 341 g/mol. The number of aliphatic hydroxyl groups is 1. The summed E-state index contributed by atoms with van der Waals surface area (Å²) in [6.07, 6.45) is -0.614. The second kappa shape index (κ2) is 7.33.